The standard InChI is InChI=1S/C16H16BrNO/c1-11-6-7-12(17)10-15(11)18-14-8-9-19-16-5-3-2-4-13(14)16/h2-7,10,14,18H,8-9H2,1H3. The highest BCUT2D eigenvalue weighted by Gasteiger charge is 2.21. The van der Waals surface area contributed by atoms with Crippen LogP contribution in [0, 0.1) is 6.92 Å². The molecule has 2 aromatic carbocycles. The minimum absolute atomic E-state index is 0.318. The molecule has 3 heteroatoms. The van der Waals surface area contributed by atoms with Gasteiger partial charge in [0.25, 0.3) is 0 Å². The zero-order valence-corrected chi connectivity index (χ0v) is 12.4. The van der Waals surface area contributed by atoms with Gasteiger partial charge in [-0.3, -0.25) is 0 Å². The zero-order valence-electron chi connectivity index (χ0n) is 10.8. The van der Waals surface area contributed by atoms with Crippen molar-refractivity contribution < 1.29 is 4.74 Å². The van der Waals surface area contributed by atoms with E-state index in [1.165, 1.54) is 16.8 Å². The van der Waals surface area contributed by atoms with Gasteiger partial charge in [-0.15, -0.1) is 0 Å². The van der Waals surface area contributed by atoms with Crippen LogP contribution in [0.3, 0.4) is 0 Å². The van der Waals surface area contributed by atoms with Crippen LogP contribution in [0.15, 0.2) is 46.9 Å². The number of ether oxygens (including phenoxy) is 1. The van der Waals surface area contributed by atoms with Gasteiger partial charge < -0.3 is 10.1 Å². The SMILES string of the molecule is Cc1ccc(Br)cc1NC1CCOc2ccccc21. The van der Waals surface area contributed by atoms with Crippen molar-refractivity contribution in [3.63, 3.8) is 0 Å². The Balaban J connectivity index is 1.90. The summed E-state index contributed by atoms with van der Waals surface area (Å²) in [5.74, 6) is 0.999. The molecule has 19 heavy (non-hydrogen) atoms. The summed E-state index contributed by atoms with van der Waals surface area (Å²) in [5, 5.41) is 3.64. The van der Waals surface area contributed by atoms with Crippen molar-refractivity contribution in [3.05, 3.63) is 58.1 Å². The van der Waals surface area contributed by atoms with Gasteiger partial charge in [0.1, 0.15) is 5.75 Å². The first-order valence-corrected chi connectivity index (χ1v) is 7.28. The molecule has 0 fully saturated rings. The van der Waals surface area contributed by atoms with Crippen LogP contribution >= 0.6 is 15.9 Å². The fraction of sp³-hybridized carbons (Fsp3) is 0.250. The Morgan fingerprint density at radius 3 is 2.95 bits per heavy atom. The Labute approximate surface area is 121 Å². The van der Waals surface area contributed by atoms with Crippen LogP contribution in [0.4, 0.5) is 5.69 Å². The predicted molar refractivity (Wildman–Crippen MR) is 81.8 cm³/mol. The van der Waals surface area contributed by atoms with E-state index in [0.29, 0.717) is 6.04 Å². The minimum Gasteiger partial charge on any atom is -0.493 e. The van der Waals surface area contributed by atoms with Crippen LogP contribution in [-0.4, -0.2) is 6.61 Å². The third-order valence-corrected chi connectivity index (χ3v) is 3.98. The summed E-state index contributed by atoms with van der Waals surface area (Å²) in [4.78, 5) is 0. The maximum absolute atomic E-state index is 5.70. The van der Waals surface area contributed by atoms with Crippen molar-refractivity contribution in [3.8, 4) is 5.75 Å². The molecule has 1 atom stereocenters. The van der Waals surface area contributed by atoms with Gasteiger partial charge in [-0.05, 0) is 30.7 Å². The predicted octanol–water partition coefficient (Wildman–Crippen LogP) is 4.69. The molecule has 1 aliphatic rings. The van der Waals surface area contributed by atoms with Crippen molar-refractivity contribution in [1.82, 2.24) is 0 Å². The van der Waals surface area contributed by atoms with Crippen molar-refractivity contribution in [1.29, 1.82) is 0 Å². The van der Waals surface area contributed by atoms with Gasteiger partial charge in [-0.2, -0.15) is 0 Å². The van der Waals surface area contributed by atoms with Gasteiger partial charge in [0, 0.05) is 22.1 Å². The molecule has 3 rings (SSSR count). The van der Waals surface area contributed by atoms with Crippen molar-refractivity contribution >= 4 is 21.6 Å². The van der Waals surface area contributed by atoms with Crippen molar-refractivity contribution in [2.45, 2.75) is 19.4 Å². The molecule has 1 N–H and O–H groups in total. The Hall–Kier alpha value is -1.48. The summed E-state index contributed by atoms with van der Waals surface area (Å²) in [7, 11) is 0. The van der Waals surface area contributed by atoms with E-state index in [-0.39, 0.29) is 0 Å². The van der Waals surface area contributed by atoms with E-state index >= 15 is 0 Å². The Kier molecular flexibility index (Phi) is 3.47. The summed E-state index contributed by atoms with van der Waals surface area (Å²) in [6.45, 7) is 2.89. The van der Waals surface area contributed by atoms with Gasteiger partial charge in [0.05, 0.1) is 12.6 Å². The number of hydrogen-bond acceptors (Lipinski definition) is 2. The molecule has 0 saturated heterocycles. The number of nitrogens with one attached hydrogen (secondary N) is 1. The third-order valence-electron chi connectivity index (χ3n) is 3.49. The average molecular weight is 318 g/mol. The minimum atomic E-state index is 0.318. The van der Waals surface area contributed by atoms with Gasteiger partial charge >= 0.3 is 0 Å². The fourth-order valence-electron chi connectivity index (χ4n) is 2.43. The highest BCUT2D eigenvalue weighted by atomic mass is 79.9. The second-order valence-electron chi connectivity index (χ2n) is 4.83. The van der Waals surface area contributed by atoms with Gasteiger partial charge in [0.2, 0.25) is 0 Å². The molecule has 0 aromatic heterocycles. The van der Waals surface area contributed by atoms with E-state index in [9.17, 15) is 0 Å². The van der Waals surface area contributed by atoms with Gasteiger partial charge in [-0.25, -0.2) is 0 Å². The maximum atomic E-state index is 5.70. The first-order chi connectivity index (χ1) is 9.24. The summed E-state index contributed by atoms with van der Waals surface area (Å²) >= 11 is 3.53. The number of anilines is 1. The van der Waals surface area contributed by atoms with E-state index in [1.54, 1.807) is 0 Å². The van der Waals surface area contributed by atoms with E-state index < -0.39 is 0 Å². The van der Waals surface area contributed by atoms with E-state index in [4.69, 9.17) is 4.74 Å². The lowest BCUT2D eigenvalue weighted by Gasteiger charge is -2.28. The Morgan fingerprint density at radius 2 is 2.05 bits per heavy atom. The molecule has 0 aliphatic carbocycles. The van der Waals surface area contributed by atoms with Crippen molar-refractivity contribution in [2.24, 2.45) is 0 Å². The number of aryl methyl sites for hydroxylation is 1. The lowest BCUT2D eigenvalue weighted by Crippen LogP contribution is -2.20. The van der Waals surface area contributed by atoms with Crippen LogP contribution in [0.25, 0.3) is 0 Å². The quantitative estimate of drug-likeness (QED) is 0.867. The third kappa shape index (κ3) is 2.61. The number of halogens is 1. The Bertz CT molecular complexity index is 597. The molecular formula is C16H16BrNO. The monoisotopic (exact) mass is 317 g/mol. The topological polar surface area (TPSA) is 21.3 Å². The van der Waals surface area contributed by atoms with Crippen LogP contribution in [0.2, 0.25) is 0 Å². The second-order valence-corrected chi connectivity index (χ2v) is 5.75. The molecule has 0 amide bonds. The van der Waals surface area contributed by atoms with Gasteiger partial charge in [-0.1, -0.05) is 40.2 Å². The molecule has 2 nitrogen and oxygen atoms in total. The maximum Gasteiger partial charge on any atom is 0.124 e. The highest BCUT2D eigenvalue weighted by Crippen LogP contribution is 2.35. The summed E-state index contributed by atoms with van der Waals surface area (Å²) < 4.78 is 6.79. The first kappa shape index (κ1) is 12.5. The Morgan fingerprint density at radius 1 is 1.21 bits per heavy atom. The molecule has 0 radical (unpaired) electrons. The fourth-order valence-corrected chi connectivity index (χ4v) is 2.79. The van der Waals surface area contributed by atoms with E-state index in [2.05, 4.69) is 58.5 Å². The smallest absolute Gasteiger partial charge is 0.124 e. The number of rotatable bonds is 2. The van der Waals surface area contributed by atoms with E-state index in [0.717, 1.165) is 23.2 Å². The summed E-state index contributed by atoms with van der Waals surface area (Å²) in [6.07, 6.45) is 0.989. The summed E-state index contributed by atoms with van der Waals surface area (Å²) in [6, 6.07) is 14.9. The molecule has 1 heterocycles. The van der Waals surface area contributed by atoms with Crippen LogP contribution in [-0.2, 0) is 0 Å². The zero-order chi connectivity index (χ0) is 13.2. The molecule has 1 unspecified atom stereocenters. The second kappa shape index (κ2) is 5.25. The number of benzene rings is 2. The molecule has 0 saturated carbocycles. The molecule has 0 bridgehead atoms. The van der Waals surface area contributed by atoms with Crippen LogP contribution < -0.4 is 10.1 Å². The number of fused-ring (bicyclic) bond motifs is 1. The lowest BCUT2D eigenvalue weighted by molar-refractivity contribution is 0.274. The largest absolute Gasteiger partial charge is 0.493 e. The molecule has 1 aliphatic heterocycles. The number of para-hydroxylation sites is 1. The molecular weight excluding hydrogens is 302 g/mol. The van der Waals surface area contributed by atoms with E-state index in [1.807, 2.05) is 12.1 Å². The van der Waals surface area contributed by atoms with Gasteiger partial charge in [0.15, 0.2) is 0 Å². The summed E-state index contributed by atoms with van der Waals surface area (Å²) in [5.41, 5.74) is 3.68. The lowest BCUT2D eigenvalue weighted by atomic mass is 10.00. The van der Waals surface area contributed by atoms with Crippen molar-refractivity contribution in [2.75, 3.05) is 11.9 Å². The molecule has 2 aromatic rings. The molecule has 98 valence electrons. The average Bonchev–Trinajstić information content (AvgIpc) is 2.43. The van der Waals surface area contributed by atoms with Crippen LogP contribution in [0.5, 0.6) is 5.75 Å². The normalized spacial score (nSPS) is 17.5. The number of hydrogen-bond donors (Lipinski definition) is 1. The van der Waals surface area contributed by atoms with Crippen LogP contribution in [0.1, 0.15) is 23.6 Å². The highest BCUT2D eigenvalue weighted by molar-refractivity contribution is 9.10. The first-order valence-electron chi connectivity index (χ1n) is 6.48. The molecule has 0 spiro atoms.